The molecule has 7 nitrogen and oxygen atoms in total. The highest BCUT2D eigenvalue weighted by atomic mass is 32.1. The van der Waals surface area contributed by atoms with E-state index in [1.165, 1.54) is 20.7 Å². The van der Waals surface area contributed by atoms with Crippen molar-refractivity contribution in [3.63, 3.8) is 0 Å². The maximum Gasteiger partial charge on any atom is 0.369 e. The molecule has 2 heterocycles. The van der Waals surface area contributed by atoms with Crippen LogP contribution in [0.15, 0.2) is 22.3 Å². The van der Waals surface area contributed by atoms with Crippen LogP contribution in [-0.2, 0) is 11.3 Å². The first-order valence-corrected chi connectivity index (χ1v) is 6.82. The summed E-state index contributed by atoms with van der Waals surface area (Å²) in [7, 11) is 0. The quantitative estimate of drug-likeness (QED) is 0.852. The zero-order valence-electron chi connectivity index (χ0n) is 10.7. The summed E-state index contributed by atoms with van der Waals surface area (Å²) in [5, 5.41) is 12.9. The highest BCUT2D eigenvalue weighted by molar-refractivity contribution is 7.12. The fourth-order valence-electron chi connectivity index (χ4n) is 1.43. The fraction of sp³-hybridized carbons (Fsp3) is 0.455. The van der Waals surface area contributed by atoms with Gasteiger partial charge in [-0.25, -0.2) is 4.79 Å². The number of hydrogen-bond acceptors (Lipinski definition) is 5. The van der Waals surface area contributed by atoms with E-state index in [0.29, 0.717) is 13.1 Å². The predicted molar refractivity (Wildman–Crippen MR) is 71.3 cm³/mol. The van der Waals surface area contributed by atoms with Crippen LogP contribution >= 0.6 is 11.3 Å². The van der Waals surface area contributed by atoms with Gasteiger partial charge < -0.3 is 5.32 Å². The Kier molecular flexibility index (Phi) is 4.10. The van der Waals surface area contributed by atoms with Crippen molar-refractivity contribution in [2.45, 2.75) is 20.4 Å². The molecule has 0 aromatic carbocycles. The van der Waals surface area contributed by atoms with E-state index in [9.17, 15) is 9.59 Å². The molecule has 0 unspecified atom stereocenters. The number of nitrogens with one attached hydrogen (secondary N) is 1. The lowest BCUT2D eigenvalue weighted by atomic mass is 10.2. The molecule has 19 heavy (non-hydrogen) atoms. The lowest BCUT2D eigenvalue weighted by Gasteiger charge is -2.06. The molecule has 1 N–H and O–H groups in total. The second kappa shape index (κ2) is 5.79. The Balaban J connectivity index is 2.00. The van der Waals surface area contributed by atoms with Crippen molar-refractivity contribution in [1.29, 1.82) is 0 Å². The maximum absolute atomic E-state index is 12.0. The molecule has 0 saturated heterocycles. The third-order valence-electron chi connectivity index (χ3n) is 2.50. The van der Waals surface area contributed by atoms with Crippen LogP contribution in [0.25, 0.3) is 5.00 Å². The molecule has 0 fully saturated rings. The van der Waals surface area contributed by atoms with Gasteiger partial charge in [0.25, 0.3) is 0 Å². The molecule has 0 aliphatic carbocycles. The largest absolute Gasteiger partial charge is 0.369 e. The Morgan fingerprint density at radius 3 is 2.89 bits per heavy atom. The minimum atomic E-state index is -0.304. The van der Waals surface area contributed by atoms with E-state index >= 15 is 0 Å². The van der Waals surface area contributed by atoms with Crippen LogP contribution < -0.4 is 11.0 Å². The van der Waals surface area contributed by atoms with E-state index in [1.807, 2.05) is 25.3 Å². The van der Waals surface area contributed by atoms with Gasteiger partial charge in [0, 0.05) is 12.5 Å². The summed E-state index contributed by atoms with van der Waals surface area (Å²) in [6, 6.07) is 3.64. The lowest BCUT2D eigenvalue weighted by Crippen LogP contribution is -2.33. The van der Waals surface area contributed by atoms with E-state index in [4.69, 9.17) is 0 Å². The van der Waals surface area contributed by atoms with Crippen molar-refractivity contribution >= 4 is 17.2 Å². The topological polar surface area (TPSA) is 81.8 Å². The average molecular weight is 281 g/mol. The normalized spacial score (nSPS) is 10.9. The Morgan fingerprint density at radius 1 is 1.47 bits per heavy atom. The molecule has 2 aromatic heterocycles. The molecular formula is C11H15N5O2S. The van der Waals surface area contributed by atoms with Gasteiger partial charge in [-0.3, -0.25) is 4.79 Å². The van der Waals surface area contributed by atoms with E-state index in [0.717, 1.165) is 5.00 Å². The molecule has 0 spiro atoms. The number of hydrogen-bond donors (Lipinski definition) is 1. The summed E-state index contributed by atoms with van der Waals surface area (Å²) < 4.78 is 2.48. The molecule has 0 radical (unpaired) electrons. The zero-order chi connectivity index (χ0) is 13.8. The van der Waals surface area contributed by atoms with Gasteiger partial charge in [0.2, 0.25) is 5.91 Å². The van der Waals surface area contributed by atoms with E-state index < -0.39 is 0 Å². The van der Waals surface area contributed by atoms with Gasteiger partial charge in [0.05, 0.1) is 6.54 Å². The van der Waals surface area contributed by atoms with Gasteiger partial charge in [0.15, 0.2) is 0 Å². The molecule has 102 valence electrons. The van der Waals surface area contributed by atoms with Crippen LogP contribution in [0, 0.1) is 5.92 Å². The molecule has 2 aromatic rings. The summed E-state index contributed by atoms with van der Waals surface area (Å²) in [5.41, 5.74) is -0.304. The van der Waals surface area contributed by atoms with Gasteiger partial charge in [-0.15, -0.1) is 11.3 Å². The summed E-state index contributed by atoms with van der Waals surface area (Å²) in [4.78, 5) is 23.3. The molecule has 0 aliphatic rings. The van der Waals surface area contributed by atoms with Crippen LogP contribution in [0.5, 0.6) is 0 Å². The summed E-state index contributed by atoms with van der Waals surface area (Å²) in [6.07, 6.45) is 0. The molecule has 0 aliphatic heterocycles. The Labute approximate surface area is 113 Å². The fourth-order valence-corrected chi connectivity index (χ4v) is 2.10. The van der Waals surface area contributed by atoms with Gasteiger partial charge in [-0.1, -0.05) is 13.8 Å². The third-order valence-corrected chi connectivity index (χ3v) is 3.35. The van der Waals surface area contributed by atoms with E-state index in [-0.39, 0.29) is 17.5 Å². The monoisotopic (exact) mass is 281 g/mol. The first-order valence-electron chi connectivity index (χ1n) is 5.94. The Morgan fingerprint density at radius 2 is 2.26 bits per heavy atom. The summed E-state index contributed by atoms with van der Waals surface area (Å²) in [6.45, 7) is 4.30. The highest BCUT2D eigenvalue weighted by Gasteiger charge is 2.10. The number of carbonyl (C=O) groups excluding carboxylic acids is 1. The predicted octanol–water partition coefficient (Wildman–Crippen LogP) is 0.263. The second-order valence-corrected chi connectivity index (χ2v) is 5.22. The van der Waals surface area contributed by atoms with Crippen molar-refractivity contribution in [2.24, 2.45) is 5.92 Å². The first kappa shape index (κ1) is 13.5. The Hall–Kier alpha value is -1.96. The van der Waals surface area contributed by atoms with Crippen LogP contribution in [-0.4, -0.2) is 32.2 Å². The van der Waals surface area contributed by atoms with Gasteiger partial charge in [-0.2, -0.15) is 9.36 Å². The van der Waals surface area contributed by atoms with E-state index in [1.54, 1.807) is 6.07 Å². The zero-order valence-corrected chi connectivity index (χ0v) is 11.6. The Bertz CT molecular complexity index is 599. The van der Waals surface area contributed by atoms with Gasteiger partial charge >= 0.3 is 5.69 Å². The van der Waals surface area contributed by atoms with Gasteiger partial charge in [0.1, 0.15) is 5.00 Å². The van der Waals surface area contributed by atoms with Crippen LogP contribution in [0.1, 0.15) is 13.8 Å². The number of rotatable bonds is 5. The van der Waals surface area contributed by atoms with Crippen molar-refractivity contribution in [2.75, 3.05) is 6.54 Å². The first-order chi connectivity index (χ1) is 9.09. The molecule has 8 heteroatoms. The van der Waals surface area contributed by atoms with Crippen LogP contribution in [0.4, 0.5) is 0 Å². The number of thiophene rings is 1. The molecule has 1 amide bonds. The van der Waals surface area contributed by atoms with E-state index in [2.05, 4.69) is 15.7 Å². The number of amides is 1. The second-order valence-electron chi connectivity index (χ2n) is 4.29. The standard InChI is InChI=1S/C11H15N5O2S/c1-8(2)10(17)12-5-6-15-11(18)16(14-13-15)9-4-3-7-19-9/h3-4,7-8H,5-6H2,1-2H3,(H,12,17). The summed E-state index contributed by atoms with van der Waals surface area (Å²) in [5.74, 6) is -0.114. The van der Waals surface area contributed by atoms with Gasteiger partial charge in [-0.05, 0) is 27.9 Å². The molecule has 2 rings (SSSR count). The van der Waals surface area contributed by atoms with Crippen molar-refractivity contribution < 1.29 is 4.79 Å². The number of nitrogens with zero attached hydrogens (tertiary/aromatic N) is 4. The van der Waals surface area contributed by atoms with Crippen molar-refractivity contribution in [1.82, 2.24) is 25.1 Å². The van der Waals surface area contributed by atoms with Crippen molar-refractivity contribution in [3.05, 3.63) is 28.0 Å². The molecular weight excluding hydrogens is 266 g/mol. The van der Waals surface area contributed by atoms with Crippen LogP contribution in [0.3, 0.4) is 0 Å². The minimum absolute atomic E-state index is 0.0429. The number of carbonyl (C=O) groups is 1. The van der Waals surface area contributed by atoms with Crippen LogP contribution in [0.2, 0.25) is 0 Å². The highest BCUT2D eigenvalue weighted by Crippen LogP contribution is 2.10. The molecule has 0 atom stereocenters. The molecule has 0 saturated carbocycles. The minimum Gasteiger partial charge on any atom is -0.354 e. The number of aromatic nitrogens is 4. The SMILES string of the molecule is CC(C)C(=O)NCCn1nnn(-c2cccs2)c1=O. The third kappa shape index (κ3) is 3.08. The summed E-state index contributed by atoms with van der Waals surface area (Å²) >= 11 is 1.41. The molecule has 0 bridgehead atoms. The maximum atomic E-state index is 12.0. The van der Waals surface area contributed by atoms with Crippen molar-refractivity contribution in [3.8, 4) is 5.00 Å². The number of tetrazole rings is 1. The lowest BCUT2D eigenvalue weighted by molar-refractivity contribution is -0.124. The average Bonchev–Trinajstić information content (AvgIpc) is 2.99. The smallest absolute Gasteiger partial charge is 0.354 e.